The van der Waals surface area contributed by atoms with Gasteiger partial charge in [0.1, 0.15) is 0 Å². The molecular weight excluding hydrogens is 639 g/mol. The Morgan fingerprint density at radius 2 is 0.943 bits per heavy atom. The second-order valence-corrected chi connectivity index (χ2v) is 15.2. The number of hydrogen-bond donors (Lipinski definition) is 0. The lowest BCUT2D eigenvalue weighted by Crippen LogP contribution is -2.18. The summed E-state index contributed by atoms with van der Waals surface area (Å²) in [5, 5.41) is 7.76. The minimum atomic E-state index is -0.106. The van der Waals surface area contributed by atoms with Crippen LogP contribution >= 0.6 is 0 Å². The Morgan fingerprint density at radius 3 is 1.66 bits per heavy atom. The smallest absolute Gasteiger partial charge is 0.0497 e. The fraction of sp³-hybridized carbons (Fsp3) is 0.0769. The molecule has 0 unspecified atom stereocenters. The molecule has 9 aromatic carbocycles. The highest BCUT2D eigenvalue weighted by molar-refractivity contribution is 6.24. The van der Waals surface area contributed by atoms with Gasteiger partial charge in [-0.05, 0) is 124 Å². The van der Waals surface area contributed by atoms with E-state index in [4.69, 9.17) is 0 Å². The van der Waals surface area contributed by atoms with Crippen molar-refractivity contribution >= 4 is 49.4 Å². The Hall–Kier alpha value is -6.44. The van der Waals surface area contributed by atoms with E-state index in [0.717, 1.165) is 6.42 Å². The number of rotatable bonds is 3. The topological polar surface area (TPSA) is 3.24 Å². The lowest BCUT2D eigenvalue weighted by Gasteiger charge is -2.34. The Balaban J connectivity index is 1.18. The van der Waals surface area contributed by atoms with Gasteiger partial charge in [-0.15, -0.1) is 0 Å². The molecule has 1 heteroatoms. The van der Waals surface area contributed by atoms with Gasteiger partial charge in [0, 0.05) is 28.9 Å². The molecule has 0 saturated heterocycles. The number of fused-ring (bicyclic) bond motifs is 9. The van der Waals surface area contributed by atoms with Crippen molar-refractivity contribution in [1.82, 2.24) is 0 Å². The normalized spacial score (nSPS) is 13.9. The van der Waals surface area contributed by atoms with Crippen LogP contribution in [-0.4, -0.2) is 0 Å². The van der Waals surface area contributed by atoms with Crippen molar-refractivity contribution in [3.63, 3.8) is 0 Å². The molecule has 11 rings (SSSR count). The summed E-state index contributed by atoms with van der Waals surface area (Å²) in [4.78, 5) is 2.43. The molecule has 0 aromatic heterocycles. The van der Waals surface area contributed by atoms with Crippen molar-refractivity contribution in [2.45, 2.75) is 25.7 Å². The third-order valence-corrected chi connectivity index (χ3v) is 12.0. The Kier molecular flexibility index (Phi) is 6.43. The molecule has 0 bridgehead atoms. The van der Waals surface area contributed by atoms with E-state index in [0.29, 0.717) is 0 Å². The molecule has 0 N–H and O–H groups in total. The fourth-order valence-electron chi connectivity index (χ4n) is 9.66. The summed E-state index contributed by atoms with van der Waals surface area (Å²) in [6, 6.07) is 65.5. The van der Waals surface area contributed by atoms with Crippen LogP contribution in [0.15, 0.2) is 176 Å². The highest BCUT2D eigenvalue weighted by Gasteiger charge is 2.37. The van der Waals surface area contributed by atoms with Crippen LogP contribution in [0.3, 0.4) is 0 Å². The second kappa shape index (κ2) is 11.3. The first-order valence-corrected chi connectivity index (χ1v) is 18.7. The van der Waals surface area contributed by atoms with Crippen LogP contribution in [0, 0.1) is 0 Å². The summed E-state index contributed by atoms with van der Waals surface area (Å²) in [5.74, 6) is 0. The van der Waals surface area contributed by atoms with Crippen molar-refractivity contribution in [3.8, 4) is 33.4 Å². The van der Waals surface area contributed by atoms with Crippen molar-refractivity contribution in [1.29, 1.82) is 0 Å². The van der Waals surface area contributed by atoms with Gasteiger partial charge in [0.15, 0.2) is 0 Å². The van der Waals surface area contributed by atoms with Crippen LogP contribution in [-0.2, 0) is 11.8 Å². The minimum Gasteiger partial charge on any atom is -0.310 e. The van der Waals surface area contributed by atoms with Crippen LogP contribution in [0.2, 0.25) is 0 Å². The van der Waals surface area contributed by atoms with Crippen LogP contribution in [0.4, 0.5) is 17.1 Å². The zero-order chi connectivity index (χ0) is 35.3. The maximum Gasteiger partial charge on any atom is 0.0497 e. The van der Waals surface area contributed by atoms with Gasteiger partial charge in [0.05, 0.1) is 0 Å². The highest BCUT2D eigenvalue weighted by atomic mass is 15.2. The van der Waals surface area contributed by atoms with Crippen molar-refractivity contribution < 1.29 is 0 Å². The molecular formula is C52H37N. The van der Waals surface area contributed by atoms with Crippen LogP contribution in [0.25, 0.3) is 65.7 Å². The number of nitrogens with zero attached hydrogens (tertiary/aromatic N) is 1. The zero-order valence-corrected chi connectivity index (χ0v) is 29.9. The standard InChI is InChI=1S/C52H37N/c1-52(2)45-26-14-13-25-43(45)51-38-20-8-7-19-37(38)44(32-46(51)52)50-41-23-11-9-21-39(41)49(40-22-10-12-24-42(40)50)34-28-29-48-35(31-34)30-33-16-6-15-27-47(33)53(48)36-17-4-3-5-18-36/h3-29,31-32H,30H2,1-2H3. The van der Waals surface area contributed by atoms with Crippen LogP contribution < -0.4 is 4.90 Å². The summed E-state index contributed by atoms with van der Waals surface area (Å²) in [6.07, 6.45) is 0.899. The molecule has 0 amide bonds. The molecule has 53 heavy (non-hydrogen) atoms. The van der Waals surface area contributed by atoms with E-state index in [9.17, 15) is 0 Å². The van der Waals surface area contributed by atoms with E-state index in [1.165, 1.54) is 105 Å². The molecule has 0 atom stereocenters. The summed E-state index contributed by atoms with van der Waals surface area (Å²) >= 11 is 0. The average molecular weight is 676 g/mol. The van der Waals surface area contributed by atoms with E-state index >= 15 is 0 Å². The lowest BCUT2D eigenvalue weighted by molar-refractivity contribution is 0.661. The highest BCUT2D eigenvalue weighted by Crippen LogP contribution is 2.55. The molecule has 2 aliphatic rings. The molecule has 1 aliphatic heterocycles. The summed E-state index contributed by atoms with van der Waals surface area (Å²) in [7, 11) is 0. The van der Waals surface area contributed by atoms with Crippen LogP contribution in [0.5, 0.6) is 0 Å². The summed E-state index contributed by atoms with van der Waals surface area (Å²) < 4.78 is 0. The van der Waals surface area contributed by atoms with Gasteiger partial charge in [0.2, 0.25) is 0 Å². The molecule has 1 aliphatic carbocycles. The van der Waals surface area contributed by atoms with Gasteiger partial charge in [-0.25, -0.2) is 0 Å². The van der Waals surface area contributed by atoms with Gasteiger partial charge in [0.25, 0.3) is 0 Å². The van der Waals surface area contributed by atoms with Gasteiger partial charge in [-0.2, -0.15) is 0 Å². The van der Waals surface area contributed by atoms with Crippen molar-refractivity contribution in [2.24, 2.45) is 0 Å². The third kappa shape index (κ3) is 4.31. The van der Waals surface area contributed by atoms with Gasteiger partial charge in [-0.1, -0.05) is 153 Å². The zero-order valence-electron chi connectivity index (χ0n) is 29.9. The lowest BCUT2D eigenvalue weighted by atomic mass is 9.79. The Morgan fingerprint density at radius 1 is 0.396 bits per heavy atom. The molecule has 250 valence electrons. The number of benzene rings is 9. The molecule has 1 nitrogen and oxygen atoms in total. The quantitative estimate of drug-likeness (QED) is 0.169. The first-order chi connectivity index (χ1) is 26.1. The second-order valence-electron chi connectivity index (χ2n) is 15.2. The van der Waals surface area contributed by atoms with E-state index in [1.807, 2.05) is 0 Å². The maximum atomic E-state index is 2.53. The number of para-hydroxylation sites is 2. The molecule has 0 saturated carbocycles. The maximum absolute atomic E-state index is 2.53. The molecule has 1 heterocycles. The minimum absolute atomic E-state index is 0.106. The predicted molar refractivity (Wildman–Crippen MR) is 225 cm³/mol. The first-order valence-electron chi connectivity index (χ1n) is 18.7. The SMILES string of the molecule is CC1(C)c2ccccc2-c2c1cc(-c1c3ccccc3c(-c3ccc4c(c3)Cc3ccccc3N4c3ccccc3)c3ccccc13)c1ccccc21. The Labute approximate surface area is 310 Å². The monoisotopic (exact) mass is 675 g/mol. The van der Waals surface area contributed by atoms with E-state index in [1.54, 1.807) is 0 Å². The molecule has 0 spiro atoms. The molecule has 9 aromatic rings. The Bertz CT molecular complexity index is 2890. The first kappa shape index (κ1) is 30.2. The van der Waals surface area contributed by atoms with Gasteiger partial charge in [-0.3, -0.25) is 0 Å². The fourth-order valence-corrected chi connectivity index (χ4v) is 9.66. The van der Waals surface area contributed by atoms with Gasteiger partial charge < -0.3 is 4.90 Å². The molecule has 0 radical (unpaired) electrons. The average Bonchev–Trinajstić information content (AvgIpc) is 3.44. The number of hydrogen-bond acceptors (Lipinski definition) is 1. The predicted octanol–water partition coefficient (Wildman–Crippen LogP) is 14.2. The molecule has 0 fully saturated rings. The van der Waals surface area contributed by atoms with Crippen molar-refractivity contribution in [3.05, 3.63) is 198 Å². The van der Waals surface area contributed by atoms with Gasteiger partial charge >= 0.3 is 0 Å². The number of anilines is 3. The van der Waals surface area contributed by atoms with E-state index < -0.39 is 0 Å². The largest absolute Gasteiger partial charge is 0.310 e. The van der Waals surface area contributed by atoms with Crippen LogP contribution in [0.1, 0.15) is 36.1 Å². The van der Waals surface area contributed by atoms with E-state index in [2.05, 4.69) is 195 Å². The van der Waals surface area contributed by atoms with Crippen molar-refractivity contribution in [2.75, 3.05) is 4.90 Å². The third-order valence-electron chi connectivity index (χ3n) is 12.0. The summed E-state index contributed by atoms with van der Waals surface area (Å²) in [5.41, 5.74) is 17.0. The summed E-state index contributed by atoms with van der Waals surface area (Å²) in [6.45, 7) is 4.78. The van der Waals surface area contributed by atoms with E-state index in [-0.39, 0.29) is 5.41 Å².